The molecule has 0 fully saturated rings. The van der Waals surface area contributed by atoms with Crippen LogP contribution >= 0.6 is 11.3 Å². The minimum atomic E-state index is -0.627. The van der Waals surface area contributed by atoms with Gasteiger partial charge in [0.2, 0.25) is 0 Å². The monoisotopic (exact) mass is 354 g/mol. The van der Waals surface area contributed by atoms with Crippen molar-refractivity contribution in [3.05, 3.63) is 76.6 Å². The third kappa shape index (κ3) is 2.13. The summed E-state index contributed by atoms with van der Waals surface area (Å²) in [4.78, 5) is 16.9. The van der Waals surface area contributed by atoms with Gasteiger partial charge in [-0.1, -0.05) is 36.4 Å². The summed E-state index contributed by atoms with van der Waals surface area (Å²) in [6.45, 7) is 0. The minimum absolute atomic E-state index is 0.00380. The van der Waals surface area contributed by atoms with Gasteiger partial charge in [-0.25, -0.2) is 9.78 Å². The van der Waals surface area contributed by atoms with Gasteiger partial charge in [-0.2, -0.15) is 5.26 Å². The van der Waals surface area contributed by atoms with Crippen molar-refractivity contribution in [1.82, 2.24) is 4.98 Å². The largest absolute Gasteiger partial charge is 0.421 e. The van der Waals surface area contributed by atoms with Crippen LogP contribution in [0.1, 0.15) is 5.56 Å². The van der Waals surface area contributed by atoms with Crippen molar-refractivity contribution in [2.75, 3.05) is 0 Å². The molecule has 26 heavy (non-hydrogen) atoms. The van der Waals surface area contributed by atoms with Crippen molar-refractivity contribution in [2.45, 2.75) is 0 Å². The maximum atomic E-state index is 12.1. The van der Waals surface area contributed by atoms with Crippen molar-refractivity contribution >= 4 is 43.3 Å². The van der Waals surface area contributed by atoms with E-state index in [4.69, 9.17) is 9.40 Å². The van der Waals surface area contributed by atoms with E-state index in [1.54, 1.807) is 17.4 Å². The van der Waals surface area contributed by atoms with Crippen LogP contribution in [0.25, 0.3) is 42.5 Å². The Morgan fingerprint density at radius 2 is 1.81 bits per heavy atom. The quantitative estimate of drug-likeness (QED) is 0.310. The van der Waals surface area contributed by atoms with Gasteiger partial charge in [0, 0.05) is 5.39 Å². The van der Waals surface area contributed by atoms with Crippen LogP contribution in [0, 0.1) is 11.3 Å². The van der Waals surface area contributed by atoms with Crippen molar-refractivity contribution < 1.29 is 4.42 Å². The molecule has 5 heteroatoms. The predicted molar refractivity (Wildman–Crippen MR) is 103 cm³/mol. The third-order valence-corrected chi connectivity index (χ3v) is 5.46. The van der Waals surface area contributed by atoms with Crippen LogP contribution in [-0.2, 0) is 0 Å². The highest BCUT2D eigenvalue weighted by molar-refractivity contribution is 7.21. The molecule has 0 aliphatic carbocycles. The number of rotatable bonds is 1. The number of benzene rings is 3. The van der Waals surface area contributed by atoms with E-state index in [0.29, 0.717) is 5.58 Å². The summed E-state index contributed by atoms with van der Waals surface area (Å²) in [6, 6.07) is 21.3. The number of fused-ring (bicyclic) bond motifs is 4. The van der Waals surface area contributed by atoms with Gasteiger partial charge in [0.15, 0.2) is 0 Å². The molecule has 3 aromatic carbocycles. The van der Waals surface area contributed by atoms with Crippen molar-refractivity contribution in [3.8, 4) is 16.6 Å². The average Bonchev–Trinajstić information content (AvgIpc) is 3.10. The summed E-state index contributed by atoms with van der Waals surface area (Å²) in [5.74, 6) is 0. The van der Waals surface area contributed by atoms with Gasteiger partial charge < -0.3 is 4.42 Å². The Morgan fingerprint density at radius 3 is 2.65 bits per heavy atom. The highest BCUT2D eigenvalue weighted by Gasteiger charge is 2.16. The van der Waals surface area contributed by atoms with Crippen LogP contribution in [0.3, 0.4) is 0 Å². The molecule has 0 unspecified atom stereocenters. The molecule has 0 atom stereocenters. The number of nitrogens with zero attached hydrogens (tertiary/aromatic N) is 2. The second-order valence-electron chi connectivity index (χ2n) is 5.93. The van der Waals surface area contributed by atoms with E-state index in [-0.39, 0.29) is 5.56 Å². The zero-order valence-corrected chi connectivity index (χ0v) is 14.2. The molecule has 2 heterocycles. The lowest BCUT2D eigenvalue weighted by Gasteiger charge is -2.07. The first kappa shape index (κ1) is 14.8. The molecule has 0 radical (unpaired) electrons. The van der Waals surface area contributed by atoms with Crippen molar-refractivity contribution in [2.24, 2.45) is 0 Å². The first-order valence-electron chi connectivity index (χ1n) is 8.00. The number of para-hydroxylation sites is 1. The van der Waals surface area contributed by atoms with E-state index >= 15 is 0 Å². The smallest absolute Gasteiger partial charge is 0.354 e. The number of hydrogen-bond acceptors (Lipinski definition) is 5. The molecule has 0 saturated carbocycles. The summed E-state index contributed by atoms with van der Waals surface area (Å²) in [6.07, 6.45) is 0. The molecule has 5 aromatic rings. The zero-order valence-electron chi connectivity index (χ0n) is 13.4. The highest BCUT2D eigenvalue weighted by atomic mass is 32.1. The Labute approximate surface area is 151 Å². The molecule has 0 saturated heterocycles. The van der Waals surface area contributed by atoms with Crippen molar-refractivity contribution in [1.29, 1.82) is 5.26 Å². The Hall–Kier alpha value is -3.49. The predicted octanol–water partition coefficient (Wildman–Crippen LogP) is 5.09. The van der Waals surface area contributed by atoms with E-state index in [9.17, 15) is 10.1 Å². The maximum absolute atomic E-state index is 12.1. The molecule has 0 spiro atoms. The standard InChI is InChI=1S/C21H10N2O2S/c22-11-13-10-15-14-6-2-1-5-12(14)9-16(19(15)25-21(13)24)20-23-17-7-3-4-8-18(17)26-20/h1-10H. The number of hydrogen-bond donors (Lipinski definition) is 0. The first-order chi connectivity index (χ1) is 12.7. The van der Waals surface area contributed by atoms with Crippen LogP contribution in [0.15, 0.2) is 69.9 Å². The summed E-state index contributed by atoms with van der Waals surface area (Å²) in [5, 5.41) is 12.7. The molecule has 4 nitrogen and oxygen atoms in total. The molecule has 0 amide bonds. The van der Waals surface area contributed by atoms with Gasteiger partial charge in [0.1, 0.15) is 22.2 Å². The van der Waals surface area contributed by atoms with E-state index in [1.807, 2.05) is 60.7 Å². The van der Waals surface area contributed by atoms with Gasteiger partial charge >= 0.3 is 5.63 Å². The topological polar surface area (TPSA) is 66.9 Å². The lowest BCUT2D eigenvalue weighted by molar-refractivity contribution is 0.560. The summed E-state index contributed by atoms with van der Waals surface area (Å²) < 4.78 is 6.63. The molecule has 0 aliphatic rings. The number of nitriles is 1. The minimum Gasteiger partial charge on any atom is -0.421 e. The molecule has 0 aliphatic heterocycles. The Morgan fingerprint density at radius 1 is 1.00 bits per heavy atom. The van der Waals surface area contributed by atoms with E-state index in [2.05, 4.69) is 0 Å². The fourth-order valence-electron chi connectivity index (χ4n) is 3.18. The number of thiazole rings is 1. The first-order valence-corrected chi connectivity index (χ1v) is 8.82. The summed E-state index contributed by atoms with van der Waals surface area (Å²) >= 11 is 1.55. The Balaban J connectivity index is 1.96. The van der Waals surface area contributed by atoms with E-state index < -0.39 is 5.63 Å². The molecule has 5 rings (SSSR count). The van der Waals surface area contributed by atoms with Gasteiger partial charge in [-0.3, -0.25) is 0 Å². The normalized spacial score (nSPS) is 11.2. The molecular formula is C21H10N2O2S. The van der Waals surface area contributed by atoms with Crippen LogP contribution < -0.4 is 5.63 Å². The lowest BCUT2D eigenvalue weighted by atomic mass is 10.0. The number of aromatic nitrogens is 1. The zero-order chi connectivity index (χ0) is 17.7. The van der Waals surface area contributed by atoms with Gasteiger partial charge in [0.05, 0.1) is 15.8 Å². The fourth-order valence-corrected chi connectivity index (χ4v) is 4.16. The molecular weight excluding hydrogens is 344 g/mol. The lowest BCUT2D eigenvalue weighted by Crippen LogP contribution is -2.03. The summed E-state index contributed by atoms with van der Waals surface area (Å²) in [5.41, 5.74) is 1.51. The third-order valence-electron chi connectivity index (χ3n) is 4.39. The van der Waals surface area contributed by atoms with Gasteiger partial charge in [-0.05, 0) is 35.0 Å². The second kappa shape index (κ2) is 5.51. The molecule has 0 N–H and O–H groups in total. The summed E-state index contributed by atoms with van der Waals surface area (Å²) in [7, 11) is 0. The molecule has 0 bridgehead atoms. The fraction of sp³-hybridized carbons (Fsp3) is 0. The van der Waals surface area contributed by atoms with Crippen LogP contribution in [0.5, 0.6) is 0 Å². The van der Waals surface area contributed by atoms with Gasteiger partial charge in [0.25, 0.3) is 0 Å². The van der Waals surface area contributed by atoms with E-state index in [0.717, 1.165) is 36.9 Å². The molecule has 122 valence electrons. The average molecular weight is 354 g/mol. The van der Waals surface area contributed by atoms with Crippen LogP contribution in [-0.4, -0.2) is 4.98 Å². The SMILES string of the molecule is N#Cc1cc2c(oc1=O)c(-c1nc3ccccc3s1)cc1ccccc12. The Bertz CT molecular complexity index is 1390. The van der Waals surface area contributed by atoms with Crippen LogP contribution in [0.2, 0.25) is 0 Å². The maximum Gasteiger partial charge on any atom is 0.354 e. The second-order valence-corrected chi connectivity index (χ2v) is 6.96. The van der Waals surface area contributed by atoms with Crippen molar-refractivity contribution in [3.63, 3.8) is 0 Å². The Kier molecular flexibility index (Phi) is 3.14. The van der Waals surface area contributed by atoms with Crippen LogP contribution in [0.4, 0.5) is 0 Å². The van der Waals surface area contributed by atoms with E-state index in [1.165, 1.54) is 0 Å². The van der Waals surface area contributed by atoms with Gasteiger partial charge in [-0.15, -0.1) is 11.3 Å². The highest BCUT2D eigenvalue weighted by Crippen LogP contribution is 2.38. The molecule has 2 aromatic heterocycles.